The van der Waals surface area contributed by atoms with Crippen LogP contribution >= 0.6 is 38.9 Å². The van der Waals surface area contributed by atoms with Gasteiger partial charge in [-0.1, -0.05) is 27.5 Å². The smallest absolute Gasteiger partial charge is 0.252 e. The van der Waals surface area contributed by atoms with Crippen molar-refractivity contribution in [3.63, 3.8) is 0 Å². The largest absolute Gasteiger partial charge is 0.351 e. The van der Waals surface area contributed by atoms with Gasteiger partial charge < -0.3 is 10.2 Å². The van der Waals surface area contributed by atoms with Crippen molar-refractivity contribution < 1.29 is 9.59 Å². The Labute approximate surface area is 146 Å². The average Bonchev–Trinajstić information content (AvgIpc) is 3.00. The highest BCUT2D eigenvalue weighted by Gasteiger charge is 2.14. The molecule has 0 aliphatic heterocycles. The van der Waals surface area contributed by atoms with E-state index in [4.69, 9.17) is 11.6 Å². The third kappa shape index (κ3) is 4.32. The molecule has 0 saturated heterocycles. The highest BCUT2D eigenvalue weighted by Crippen LogP contribution is 2.28. The number of rotatable bonds is 5. The Morgan fingerprint density at radius 3 is 2.77 bits per heavy atom. The molecular formula is C15H14BrClN2O2S. The first-order valence-corrected chi connectivity index (χ1v) is 8.62. The summed E-state index contributed by atoms with van der Waals surface area (Å²) in [6.07, 6.45) is 0.207. The van der Waals surface area contributed by atoms with Gasteiger partial charge in [0.05, 0.1) is 10.7 Å². The van der Waals surface area contributed by atoms with E-state index in [1.54, 1.807) is 30.6 Å². The average molecular weight is 402 g/mol. The van der Waals surface area contributed by atoms with Gasteiger partial charge in [-0.15, -0.1) is 0 Å². The predicted octanol–water partition coefficient (Wildman–Crippen LogP) is 3.95. The van der Waals surface area contributed by atoms with Crippen LogP contribution in [0.2, 0.25) is 5.02 Å². The molecule has 1 heterocycles. The van der Waals surface area contributed by atoms with Crippen LogP contribution in [0.1, 0.15) is 16.8 Å². The lowest BCUT2D eigenvalue weighted by Crippen LogP contribution is -2.32. The van der Waals surface area contributed by atoms with Crippen molar-refractivity contribution in [2.24, 2.45) is 0 Å². The van der Waals surface area contributed by atoms with Crippen molar-refractivity contribution in [1.29, 1.82) is 0 Å². The van der Waals surface area contributed by atoms with Crippen molar-refractivity contribution in [2.45, 2.75) is 6.42 Å². The van der Waals surface area contributed by atoms with E-state index < -0.39 is 0 Å². The maximum Gasteiger partial charge on any atom is 0.252 e. The number of hydrogen-bond donors (Lipinski definition) is 1. The number of carbonyl (C=O) groups excluding carboxylic acids is 2. The lowest BCUT2D eigenvalue weighted by Gasteiger charge is -2.19. The number of halogens is 2. The monoisotopic (exact) mass is 400 g/mol. The zero-order valence-corrected chi connectivity index (χ0v) is 15.0. The summed E-state index contributed by atoms with van der Waals surface area (Å²) in [5.74, 6) is -0.284. The van der Waals surface area contributed by atoms with Crippen LogP contribution in [0.4, 0.5) is 5.69 Å². The molecule has 0 aliphatic carbocycles. The summed E-state index contributed by atoms with van der Waals surface area (Å²) < 4.78 is 0.852. The van der Waals surface area contributed by atoms with Crippen LogP contribution in [0.3, 0.4) is 0 Å². The summed E-state index contributed by atoms with van der Waals surface area (Å²) >= 11 is 10.9. The van der Waals surface area contributed by atoms with Crippen molar-refractivity contribution in [3.8, 4) is 0 Å². The van der Waals surface area contributed by atoms with Gasteiger partial charge in [0.1, 0.15) is 0 Å². The Kier molecular flexibility index (Phi) is 5.99. The minimum absolute atomic E-state index is 0.116. The van der Waals surface area contributed by atoms with E-state index in [0.717, 1.165) is 4.47 Å². The minimum atomic E-state index is -0.168. The number of anilines is 1. The van der Waals surface area contributed by atoms with Crippen LogP contribution in [-0.4, -0.2) is 25.4 Å². The number of carbonyl (C=O) groups is 2. The Morgan fingerprint density at radius 2 is 2.14 bits per heavy atom. The lowest BCUT2D eigenvalue weighted by molar-refractivity contribution is -0.118. The van der Waals surface area contributed by atoms with Gasteiger partial charge in [-0.25, -0.2) is 0 Å². The molecule has 0 radical (unpaired) electrons. The molecule has 0 saturated carbocycles. The third-order valence-electron chi connectivity index (χ3n) is 3.05. The number of nitrogens with one attached hydrogen (secondary N) is 1. The van der Waals surface area contributed by atoms with Crippen LogP contribution in [0, 0.1) is 0 Å². The van der Waals surface area contributed by atoms with E-state index in [9.17, 15) is 9.59 Å². The molecule has 0 bridgehead atoms. The van der Waals surface area contributed by atoms with Gasteiger partial charge >= 0.3 is 0 Å². The molecule has 0 aliphatic rings. The summed E-state index contributed by atoms with van der Waals surface area (Å²) in [6, 6.07) is 7.08. The van der Waals surface area contributed by atoms with Crippen molar-refractivity contribution in [2.75, 3.05) is 18.5 Å². The lowest BCUT2D eigenvalue weighted by atomic mass is 10.2. The highest BCUT2D eigenvalue weighted by atomic mass is 79.9. The second kappa shape index (κ2) is 7.76. The summed E-state index contributed by atoms with van der Waals surface area (Å²) in [4.78, 5) is 25.4. The molecule has 4 nitrogen and oxygen atoms in total. The third-order valence-corrected chi connectivity index (χ3v) is 4.53. The molecule has 1 aromatic carbocycles. The second-order valence-electron chi connectivity index (χ2n) is 4.57. The molecule has 2 rings (SSSR count). The quantitative estimate of drug-likeness (QED) is 0.825. The topological polar surface area (TPSA) is 49.4 Å². The molecule has 1 N–H and O–H groups in total. The van der Waals surface area contributed by atoms with Crippen LogP contribution in [0.25, 0.3) is 0 Å². The zero-order valence-electron chi connectivity index (χ0n) is 11.8. The number of hydrogen-bond acceptors (Lipinski definition) is 3. The number of benzene rings is 1. The van der Waals surface area contributed by atoms with E-state index >= 15 is 0 Å². The first-order valence-electron chi connectivity index (χ1n) is 6.51. The molecule has 0 fully saturated rings. The van der Waals surface area contributed by atoms with Gasteiger partial charge in [0, 0.05) is 35.4 Å². The molecule has 1 aromatic heterocycles. The fourth-order valence-corrected chi connectivity index (χ4v) is 3.27. The van der Waals surface area contributed by atoms with Gasteiger partial charge in [0.2, 0.25) is 5.91 Å². The summed E-state index contributed by atoms with van der Waals surface area (Å²) in [6.45, 7) is 0.284. The molecule has 7 heteroatoms. The minimum Gasteiger partial charge on any atom is -0.351 e. The summed E-state index contributed by atoms with van der Waals surface area (Å²) in [5, 5.41) is 6.82. The van der Waals surface area contributed by atoms with E-state index in [2.05, 4.69) is 21.2 Å². The molecular weight excluding hydrogens is 388 g/mol. The SMILES string of the molecule is CN(C(=O)CCNC(=O)c1ccsc1)c1ccc(Br)cc1Cl. The molecule has 2 amide bonds. The Bertz CT molecular complexity index is 676. The van der Waals surface area contributed by atoms with E-state index in [0.29, 0.717) is 16.3 Å². The molecule has 22 heavy (non-hydrogen) atoms. The summed E-state index contributed by atoms with van der Waals surface area (Å²) in [7, 11) is 1.66. The van der Waals surface area contributed by atoms with Crippen LogP contribution < -0.4 is 10.2 Å². The predicted molar refractivity (Wildman–Crippen MR) is 93.8 cm³/mol. The fraction of sp³-hybridized carbons (Fsp3) is 0.200. The molecule has 2 aromatic rings. The number of nitrogens with zero attached hydrogens (tertiary/aromatic N) is 1. The number of thiophene rings is 1. The van der Waals surface area contributed by atoms with Crippen LogP contribution in [0.15, 0.2) is 39.5 Å². The zero-order chi connectivity index (χ0) is 16.1. The Hall–Kier alpha value is -1.37. The normalized spacial score (nSPS) is 10.3. The van der Waals surface area contributed by atoms with E-state index in [-0.39, 0.29) is 24.8 Å². The van der Waals surface area contributed by atoms with E-state index in [1.807, 2.05) is 11.4 Å². The van der Waals surface area contributed by atoms with Gasteiger partial charge in [0.15, 0.2) is 0 Å². The second-order valence-corrected chi connectivity index (χ2v) is 6.67. The molecule has 116 valence electrons. The molecule has 0 spiro atoms. The molecule has 0 atom stereocenters. The van der Waals surface area contributed by atoms with Gasteiger partial charge in [-0.3, -0.25) is 9.59 Å². The van der Waals surface area contributed by atoms with Gasteiger partial charge in [-0.2, -0.15) is 11.3 Å². The standard InChI is InChI=1S/C15H14BrClN2O2S/c1-19(13-3-2-11(16)8-12(13)17)14(20)4-6-18-15(21)10-5-7-22-9-10/h2-3,5,7-9H,4,6H2,1H3,(H,18,21). The van der Waals surface area contributed by atoms with Crippen molar-refractivity contribution >= 4 is 56.4 Å². The Morgan fingerprint density at radius 1 is 1.36 bits per heavy atom. The van der Waals surface area contributed by atoms with Crippen molar-refractivity contribution in [1.82, 2.24) is 5.32 Å². The first kappa shape index (κ1) is 17.0. The first-order chi connectivity index (χ1) is 10.5. The maximum absolute atomic E-state index is 12.2. The maximum atomic E-state index is 12.2. The molecule has 0 unspecified atom stereocenters. The van der Waals surface area contributed by atoms with Crippen LogP contribution in [0.5, 0.6) is 0 Å². The van der Waals surface area contributed by atoms with Crippen molar-refractivity contribution in [3.05, 3.63) is 50.1 Å². The van der Waals surface area contributed by atoms with Gasteiger partial charge in [-0.05, 0) is 29.6 Å². The van der Waals surface area contributed by atoms with E-state index in [1.165, 1.54) is 16.2 Å². The number of amides is 2. The van der Waals surface area contributed by atoms with Gasteiger partial charge in [0.25, 0.3) is 5.91 Å². The highest BCUT2D eigenvalue weighted by molar-refractivity contribution is 9.10. The fourth-order valence-electron chi connectivity index (χ4n) is 1.83. The Balaban J connectivity index is 1.88. The summed E-state index contributed by atoms with van der Waals surface area (Å²) in [5.41, 5.74) is 1.25. The van der Waals surface area contributed by atoms with Crippen LogP contribution in [-0.2, 0) is 4.79 Å².